The maximum atomic E-state index is 11.4. The van der Waals surface area contributed by atoms with Crippen molar-refractivity contribution in [2.75, 3.05) is 6.61 Å². The fraction of sp³-hybridized carbons (Fsp3) is 0.300. The number of halogens is 2. The topological polar surface area (TPSA) is 69.4 Å². The van der Waals surface area contributed by atoms with Gasteiger partial charge in [0.15, 0.2) is 5.38 Å². The molecule has 0 saturated heterocycles. The van der Waals surface area contributed by atoms with Crippen LogP contribution in [-0.2, 0) is 9.53 Å². The van der Waals surface area contributed by atoms with Gasteiger partial charge in [0, 0.05) is 11.1 Å². The monoisotopic (exact) mass is 277 g/mol. The maximum Gasteiger partial charge on any atom is 0.328 e. The lowest BCUT2D eigenvalue weighted by Crippen LogP contribution is -2.12. The quantitative estimate of drug-likeness (QED) is 0.367. The summed E-state index contributed by atoms with van der Waals surface area (Å²) in [5.41, 5.74) is -0.231. The minimum atomic E-state index is -1.24. The lowest BCUT2D eigenvalue weighted by Gasteiger charge is -2.09. The smallest absolute Gasteiger partial charge is 0.328 e. The summed E-state index contributed by atoms with van der Waals surface area (Å²) >= 11 is 11.5. The van der Waals surface area contributed by atoms with E-state index in [2.05, 4.69) is 0 Å². The Labute approximate surface area is 107 Å². The van der Waals surface area contributed by atoms with Crippen molar-refractivity contribution in [3.05, 3.63) is 38.9 Å². The third-order valence-corrected chi connectivity index (χ3v) is 2.60. The molecule has 0 aliphatic rings. The van der Waals surface area contributed by atoms with E-state index in [1.165, 1.54) is 18.2 Å². The van der Waals surface area contributed by atoms with E-state index in [4.69, 9.17) is 27.9 Å². The van der Waals surface area contributed by atoms with Crippen LogP contribution in [0.15, 0.2) is 18.2 Å². The number of esters is 1. The van der Waals surface area contributed by atoms with Crippen molar-refractivity contribution in [3.8, 4) is 0 Å². The number of benzene rings is 1. The zero-order chi connectivity index (χ0) is 13.0. The lowest BCUT2D eigenvalue weighted by atomic mass is 10.1. The molecule has 0 bridgehead atoms. The molecule has 0 radical (unpaired) electrons. The molecule has 0 heterocycles. The van der Waals surface area contributed by atoms with E-state index in [0.717, 1.165) is 0 Å². The van der Waals surface area contributed by atoms with Gasteiger partial charge in [-0.15, -0.1) is 11.6 Å². The fourth-order valence-corrected chi connectivity index (χ4v) is 1.66. The van der Waals surface area contributed by atoms with Crippen LogP contribution in [0.25, 0.3) is 0 Å². The molecule has 0 saturated carbocycles. The Morgan fingerprint density at radius 3 is 2.76 bits per heavy atom. The zero-order valence-electron chi connectivity index (χ0n) is 8.85. The molecular weight excluding hydrogens is 269 g/mol. The number of rotatable bonds is 4. The molecule has 0 amide bonds. The summed E-state index contributed by atoms with van der Waals surface area (Å²) in [4.78, 5) is 21.6. The van der Waals surface area contributed by atoms with E-state index in [0.29, 0.717) is 0 Å². The summed E-state index contributed by atoms with van der Waals surface area (Å²) in [6, 6.07) is 3.85. The van der Waals surface area contributed by atoms with Gasteiger partial charge in [0.05, 0.1) is 17.1 Å². The van der Waals surface area contributed by atoms with E-state index < -0.39 is 16.3 Å². The molecule has 0 fully saturated rings. The third-order valence-electron chi connectivity index (χ3n) is 1.95. The van der Waals surface area contributed by atoms with Crippen LogP contribution in [0.4, 0.5) is 5.69 Å². The SMILES string of the molecule is CCOC(=O)C(Cl)c1cc(Cl)ccc1[N+](=O)[O-]. The van der Waals surface area contributed by atoms with Crippen molar-refractivity contribution >= 4 is 34.9 Å². The number of nitrogens with zero attached hydrogens (tertiary/aromatic N) is 1. The van der Waals surface area contributed by atoms with Crippen LogP contribution < -0.4 is 0 Å². The molecule has 92 valence electrons. The molecule has 1 atom stereocenters. The van der Waals surface area contributed by atoms with Gasteiger partial charge in [-0.2, -0.15) is 0 Å². The molecule has 0 spiro atoms. The Morgan fingerprint density at radius 1 is 1.59 bits per heavy atom. The summed E-state index contributed by atoms with van der Waals surface area (Å²) < 4.78 is 4.70. The Bertz CT molecular complexity index is 450. The highest BCUT2D eigenvalue weighted by Crippen LogP contribution is 2.32. The van der Waals surface area contributed by atoms with Gasteiger partial charge in [0.25, 0.3) is 5.69 Å². The van der Waals surface area contributed by atoms with Gasteiger partial charge in [-0.05, 0) is 19.1 Å². The van der Waals surface area contributed by atoms with E-state index in [9.17, 15) is 14.9 Å². The van der Waals surface area contributed by atoms with E-state index in [-0.39, 0.29) is 22.9 Å². The van der Waals surface area contributed by atoms with E-state index in [1.54, 1.807) is 6.92 Å². The molecule has 0 N–H and O–H groups in total. The molecule has 5 nitrogen and oxygen atoms in total. The van der Waals surface area contributed by atoms with E-state index in [1.807, 2.05) is 0 Å². The van der Waals surface area contributed by atoms with Gasteiger partial charge in [-0.25, -0.2) is 0 Å². The van der Waals surface area contributed by atoms with E-state index >= 15 is 0 Å². The van der Waals surface area contributed by atoms with Crippen molar-refractivity contribution in [2.45, 2.75) is 12.3 Å². The second kappa shape index (κ2) is 5.84. The van der Waals surface area contributed by atoms with Crippen molar-refractivity contribution in [3.63, 3.8) is 0 Å². The van der Waals surface area contributed by atoms with Crippen molar-refractivity contribution in [2.24, 2.45) is 0 Å². The number of nitro groups is 1. The number of carbonyl (C=O) groups is 1. The van der Waals surface area contributed by atoms with Gasteiger partial charge in [-0.1, -0.05) is 11.6 Å². The summed E-state index contributed by atoms with van der Waals surface area (Å²) in [6.45, 7) is 1.77. The predicted octanol–water partition coefficient (Wildman–Crippen LogP) is 3.09. The highest BCUT2D eigenvalue weighted by Gasteiger charge is 2.27. The fourth-order valence-electron chi connectivity index (χ4n) is 1.24. The highest BCUT2D eigenvalue weighted by atomic mass is 35.5. The Morgan fingerprint density at radius 2 is 2.24 bits per heavy atom. The average molecular weight is 278 g/mol. The Kier molecular flexibility index (Phi) is 4.72. The summed E-state index contributed by atoms with van der Waals surface area (Å²) in [7, 11) is 0. The minimum absolute atomic E-state index is 0.0302. The van der Waals surface area contributed by atoms with Gasteiger partial charge in [0.1, 0.15) is 0 Å². The largest absolute Gasteiger partial charge is 0.465 e. The van der Waals surface area contributed by atoms with Gasteiger partial charge in [-0.3, -0.25) is 14.9 Å². The maximum absolute atomic E-state index is 11.4. The van der Waals surface area contributed by atoms with Crippen LogP contribution in [0.2, 0.25) is 5.02 Å². The van der Waals surface area contributed by atoms with Gasteiger partial charge in [0.2, 0.25) is 0 Å². The van der Waals surface area contributed by atoms with Crippen molar-refractivity contribution < 1.29 is 14.5 Å². The number of ether oxygens (including phenoxy) is 1. The normalized spacial score (nSPS) is 11.9. The molecule has 1 rings (SSSR count). The van der Waals surface area contributed by atoms with Crippen LogP contribution in [0.3, 0.4) is 0 Å². The number of hydrogen-bond acceptors (Lipinski definition) is 4. The second-order valence-electron chi connectivity index (χ2n) is 3.07. The first-order valence-electron chi connectivity index (χ1n) is 4.72. The second-order valence-corrected chi connectivity index (χ2v) is 3.95. The number of alkyl halides is 1. The summed E-state index contributed by atoms with van der Waals surface area (Å²) in [5.74, 6) is -0.737. The van der Waals surface area contributed by atoms with Crippen molar-refractivity contribution in [1.82, 2.24) is 0 Å². The van der Waals surface area contributed by atoms with Crippen LogP contribution in [-0.4, -0.2) is 17.5 Å². The summed E-state index contributed by atoms with van der Waals surface area (Å²) in [6.07, 6.45) is 0. The first kappa shape index (κ1) is 13.7. The molecular formula is C10H9Cl2NO4. The Balaban J connectivity index is 3.14. The molecule has 1 unspecified atom stereocenters. The standard InChI is InChI=1S/C10H9Cl2NO4/c1-2-17-10(14)9(12)7-5-6(11)3-4-8(7)13(15)16/h3-5,9H,2H2,1H3. The number of carbonyl (C=O) groups excluding carboxylic acids is 1. The zero-order valence-corrected chi connectivity index (χ0v) is 10.4. The van der Waals surface area contributed by atoms with Crippen LogP contribution in [0, 0.1) is 10.1 Å². The van der Waals surface area contributed by atoms with Crippen LogP contribution in [0.5, 0.6) is 0 Å². The molecule has 7 heteroatoms. The molecule has 1 aromatic rings. The molecule has 0 aliphatic heterocycles. The average Bonchev–Trinajstić information content (AvgIpc) is 2.27. The van der Waals surface area contributed by atoms with Crippen molar-refractivity contribution in [1.29, 1.82) is 0 Å². The first-order valence-corrected chi connectivity index (χ1v) is 5.53. The molecule has 0 aliphatic carbocycles. The first-order chi connectivity index (χ1) is 7.97. The van der Waals surface area contributed by atoms with Crippen LogP contribution >= 0.6 is 23.2 Å². The lowest BCUT2D eigenvalue weighted by molar-refractivity contribution is -0.385. The molecule has 17 heavy (non-hydrogen) atoms. The highest BCUT2D eigenvalue weighted by molar-refractivity contribution is 6.32. The number of hydrogen-bond donors (Lipinski definition) is 0. The molecule has 0 aromatic heterocycles. The minimum Gasteiger partial charge on any atom is -0.465 e. The third kappa shape index (κ3) is 3.31. The van der Waals surface area contributed by atoms with Gasteiger partial charge >= 0.3 is 5.97 Å². The van der Waals surface area contributed by atoms with Crippen LogP contribution in [0.1, 0.15) is 17.9 Å². The molecule has 1 aromatic carbocycles. The number of nitro benzene ring substituents is 1. The Hall–Kier alpha value is -1.33. The predicted molar refractivity (Wildman–Crippen MR) is 63.3 cm³/mol. The van der Waals surface area contributed by atoms with Gasteiger partial charge < -0.3 is 4.74 Å². The summed E-state index contributed by atoms with van der Waals surface area (Å²) in [5, 5.41) is 9.79.